The summed E-state index contributed by atoms with van der Waals surface area (Å²) >= 11 is 0. The largest absolute Gasteiger partial charge is 0.497 e. The van der Waals surface area contributed by atoms with Gasteiger partial charge in [0.15, 0.2) is 0 Å². The number of anilines is 2. The van der Waals surface area contributed by atoms with Crippen LogP contribution in [0.3, 0.4) is 0 Å². The maximum absolute atomic E-state index is 12.1. The van der Waals surface area contributed by atoms with Gasteiger partial charge < -0.3 is 20.7 Å². The van der Waals surface area contributed by atoms with Crippen LogP contribution < -0.4 is 20.7 Å². The summed E-state index contributed by atoms with van der Waals surface area (Å²) < 4.78 is 5.04. The average molecular weight is 365 g/mol. The summed E-state index contributed by atoms with van der Waals surface area (Å²) in [6.07, 6.45) is 2.63. The fourth-order valence-electron chi connectivity index (χ4n) is 2.70. The van der Waals surface area contributed by atoms with Crippen LogP contribution in [0.4, 0.5) is 11.4 Å². The van der Waals surface area contributed by atoms with E-state index >= 15 is 0 Å². The Morgan fingerprint density at radius 1 is 1.07 bits per heavy atom. The van der Waals surface area contributed by atoms with Gasteiger partial charge in [0.1, 0.15) is 11.8 Å². The molecule has 1 unspecified atom stereocenters. The van der Waals surface area contributed by atoms with Gasteiger partial charge in [-0.25, -0.2) is 0 Å². The van der Waals surface area contributed by atoms with E-state index in [4.69, 9.17) is 4.74 Å². The first-order chi connectivity index (χ1) is 13.0. The predicted molar refractivity (Wildman–Crippen MR) is 101 cm³/mol. The van der Waals surface area contributed by atoms with Crippen LogP contribution in [0, 0.1) is 0 Å². The first-order valence-electron chi connectivity index (χ1n) is 8.37. The van der Waals surface area contributed by atoms with E-state index in [1.807, 2.05) is 24.3 Å². The van der Waals surface area contributed by atoms with Gasteiger partial charge in [-0.1, -0.05) is 18.2 Å². The van der Waals surface area contributed by atoms with E-state index in [9.17, 15) is 14.4 Å². The van der Waals surface area contributed by atoms with Crippen LogP contribution in [0.15, 0.2) is 60.7 Å². The van der Waals surface area contributed by atoms with Crippen LogP contribution in [0.5, 0.6) is 5.75 Å². The van der Waals surface area contributed by atoms with E-state index in [2.05, 4.69) is 16.0 Å². The van der Waals surface area contributed by atoms with Crippen LogP contribution in [-0.2, 0) is 20.8 Å². The first kappa shape index (κ1) is 18.2. The number of para-hydroxylation sites is 1. The lowest BCUT2D eigenvalue weighted by Gasteiger charge is -2.24. The average Bonchev–Trinajstić information content (AvgIpc) is 2.67. The maximum atomic E-state index is 12.1. The Hall–Kier alpha value is -3.61. The molecule has 0 radical (unpaired) electrons. The molecule has 0 saturated heterocycles. The van der Waals surface area contributed by atoms with E-state index in [1.165, 1.54) is 0 Å². The summed E-state index contributed by atoms with van der Waals surface area (Å²) in [5, 5.41) is 8.00. The van der Waals surface area contributed by atoms with Crippen molar-refractivity contribution in [1.82, 2.24) is 5.32 Å². The molecular weight excluding hydrogens is 346 g/mol. The van der Waals surface area contributed by atoms with E-state index in [-0.39, 0.29) is 5.91 Å². The van der Waals surface area contributed by atoms with Gasteiger partial charge in [-0.2, -0.15) is 0 Å². The molecule has 2 aromatic rings. The minimum Gasteiger partial charge on any atom is -0.497 e. The number of hydrogen-bond donors (Lipinski definition) is 3. The molecule has 0 bridgehead atoms. The molecule has 7 nitrogen and oxygen atoms in total. The van der Waals surface area contributed by atoms with Crippen molar-refractivity contribution in [3.63, 3.8) is 0 Å². The van der Waals surface area contributed by atoms with Crippen molar-refractivity contribution in [2.75, 3.05) is 17.7 Å². The number of hydrogen-bond acceptors (Lipinski definition) is 4. The smallest absolute Gasteiger partial charge is 0.248 e. The molecule has 2 aromatic carbocycles. The summed E-state index contributed by atoms with van der Waals surface area (Å²) in [5.74, 6) is -0.568. The third-order valence-corrected chi connectivity index (χ3v) is 4.08. The molecule has 138 valence electrons. The van der Waals surface area contributed by atoms with E-state index in [1.54, 1.807) is 31.4 Å². The first-order valence-corrected chi connectivity index (χ1v) is 8.37. The molecule has 1 heterocycles. The quantitative estimate of drug-likeness (QED) is 0.705. The Balaban J connectivity index is 1.53. The molecule has 0 aliphatic carbocycles. The van der Waals surface area contributed by atoms with Crippen molar-refractivity contribution in [3.8, 4) is 5.75 Å². The molecule has 1 atom stereocenters. The van der Waals surface area contributed by atoms with Gasteiger partial charge in [-0.15, -0.1) is 0 Å². The Kier molecular flexibility index (Phi) is 5.51. The van der Waals surface area contributed by atoms with Crippen LogP contribution in [0.2, 0.25) is 0 Å². The number of ether oxygens (including phenoxy) is 1. The van der Waals surface area contributed by atoms with E-state index < -0.39 is 17.9 Å². The van der Waals surface area contributed by atoms with Crippen molar-refractivity contribution in [3.05, 3.63) is 66.2 Å². The Morgan fingerprint density at radius 3 is 2.52 bits per heavy atom. The molecule has 0 aromatic heterocycles. The van der Waals surface area contributed by atoms with Gasteiger partial charge in [-0.3, -0.25) is 14.4 Å². The van der Waals surface area contributed by atoms with Crippen LogP contribution >= 0.6 is 0 Å². The number of carbonyl (C=O) groups is 3. The molecule has 3 N–H and O–H groups in total. The van der Waals surface area contributed by atoms with Crippen molar-refractivity contribution in [1.29, 1.82) is 0 Å². The molecule has 3 rings (SSSR count). The Bertz CT molecular complexity index is 890. The van der Waals surface area contributed by atoms with Crippen molar-refractivity contribution in [2.45, 2.75) is 12.5 Å². The normalized spacial score (nSPS) is 15.6. The lowest BCUT2D eigenvalue weighted by molar-refractivity contribution is -0.124. The molecule has 0 fully saturated rings. The second-order valence-electron chi connectivity index (χ2n) is 5.96. The molecule has 0 saturated carbocycles. The maximum Gasteiger partial charge on any atom is 0.248 e. The SMILES string of the molecule is COc1ccc(NC(=O)/C=C/C(=O)NC2Cc3ccccc3NC2=O)cc1. The number of rotatable bonds is 5. The number of nitrogens with one attached hydrogen (secondary N) is 3. The minimum atomic E-state index is -0.679. The zero-order chi connectivity index (χ0) is 19.2. The standard InChI is InChI=1S/C20H19N3O4/c1-27-15-8-6-14(7-9-15)21-18(24)10-11-19(25)22-17-12-13-4-2-3-5-16(13)23-20(17)26/h2-11,17H,12H2,1H3,(H,21,24)(H,22,25)(H,23,26)/b11-10+. The van der Waals surface area contributed by atoms with E-state index in [0.717, 1.165) is 23.4 Å². The highest BCUT2D eigenvalue weighted by Gasteiger charge is 2.26. The Labute approximate surface area is 156 Å². The van der Waals surface area contributed by atoms with Crippen LogP contribution in [-0.4, -0.2) is 30.9 Å². The van der Waals surface area contributed by atoms with Gasteiger partial charge in [0.05, 0.1) is 7.11 Å². The highest BCUT2D eigenvalue weighted by Crippen LogP contribution is 2.21. The number of carbonyl (C=O) groups excluding carboxylic acids is 3. The third-order valence-electron chi connectivity index (χ3n) is 4.08. The number of benzene rings is 2. The zero-order valence-corrected chi connectivity index (χ0v) is 14.7. The zero-order valence-electron chi connectivity index (χ0n) is 14.7. The lowest BCUT2D eigenvalue weighted by atomic mass is 9.99. The van der Waals surface area contributed by atoms with Gasteiger partial charge in [0.25, 0.3) is 0 Å². The topological polar surface area (TPSA) is 96.5 Å². The fourth-order valence-corrected chi connectivity index (χ4v) is 2.70. The monoisotopic (exact) mass is 365 g/mol. The fraction of sp³-hybridized carbons (Fsp3) is 0.150. The molecule has 1 aliphatic rings. The molecule has 27 heavy (non-hydrogen) atoms. The molecular formula is C20H19N3O4. The number of methoxy groups -OCH3 is 1. The molecule has 1 aliphatic heterocycles. The molecule has 7 heteroatoms. The van der Waals surface area contributed by atoms with Crippen molar-refractivity contribution < 1.29 is 19.1 Å². The summed E-state index contributed by atoms with van der Waals surface area (Å²) in [4.78, 5) is 36.0. The summed E-state index contributed by atoms with van der Waals surface area (Å²) in [7, 11) is 1.56. The number of amides is 3. The molecule has 0 spiro atoms. The van der Waals surface area contributed by atoms with Crippen LogP contribution in [0.25, 0.3) is 0 Å². The second-order valence-corrected chi connectivity index (χ2v) is 5.96. The molecule has 3 amide bonds. The van der Waals surface area contributed by atoms with Gasteiger partial charge in [-0.05, 0) is 35.9 Å². The summed E-state index contributed by atoms with van der Waals surface area (Å²) in [5.41, 5.74) is 2.28. The second kappa shape index (κ2) is 8.18. The third kappa shape index (κ3) is 4.72. The highest BCUT2D eigenvalue weighted by molar-refractivity contribution is 6.05. The summed E-state index contributed by atoms with van der Waals surface area (Å²) in [6, 6.07) is 13.5. The lowest BCUT2D eigenvalue weighted by Crippen LogP contribution is -2.47. The van der Waals surface area contributed by atoms with Gasteiger partial charge in [0.2, 0.25) is 17.7 Å². The predicted octanol–water partition coefficient (Wildman–Crippen LogP) is 1.87. The van der Waals surface area contributed by atoms with Crippen molar-refractivity contribution >= 4 is 29.1 Å². The van der Waals surface area contributed by atoms with Gasteiger partial charge in [0, 0.05) is 29.9 Å². The van der Waals surface area contributed by atoms with Crippen molar-refractivity contribution in [2.24, 2.45) is 0 Å². The minimum absolute atomic E-state index is 0.280. The summed E-state index contributed by atoms with van der Waals surface area (Å²) in [6.45, 7) is 0. The Morgan fingerprint density at radius 2 is 1.78 bits per heavy atom. The van der Waals surface area contributed by atoms with Gasteiger partial charge >= 0.3 is 0 Å². The van der Waals surface area contributed by atoms with Crippen LogP contribution in [0.1, 0.15) is 5.56 Å². The highest BCUT2D eigenvalue weighted by atomic mass is 16.5. The number of fused-ring (bicyclic) bond motifs is 1. The van der Waals surface area contributed by atoms with E-state index in [0.29, 0.717) is 17.9 Å².